The van der Waals surface area contributed by atoms with E-state index in [0.717, 1.165) is 6.26 Å². The molecule has 1 saturated carbocycles. The molecule has 1 aliphatic carbocycles. The molecule has 7 nitrogen and oxygen atoms in total. The molecule has 1 saturated heterocycles. The van der Waals surface area contributed by atoms with Gasteiger partial charge in [0.15, 0.2) is 9.84 Å². The number of benzene rings is 2. The predicted octanol–water partition coefficient (Wildman–Crippen LogP) is 3.19. The first-order chi connectivity index (χ1) is 16.2. The molecule has 10 heteroatoms. The van der Waals surface area contributed by atoms with Crippen molar-refractivity contribution in [3.8, 4) is 11.8 Å². The zero-order valence-electron chi connectivity index (χ0n) is 18.8. The Labute approximate surface area is 197 Å². The van der Waals surface area contributed by atoms with Crippen LogP contribution in [0.1, 0.15) is 28.8 Å². The summed E-state index contributed by atoms with van der Waals surface area (Å²) < 4.78 is 57.6. The summed E-state index contributed by atoms with van der Waals surface area (Å²) in [4.78, 5) is 16.7. The van der Waals surface area contributed by atoms with Crippen LogP contribution in [-0.4, -0.2) is 64.9 Å². The van der Waals surface area contributed by atoms with E-state index in [-0.39, 0.29) is 41.5 Å². The highest BCUT2D eigenvalue weighted by Gasteiger charge is 2.44. The first kappa shape index (κ1) is 24.0. The largest absolute Gasteiger partial charge is 0.492 e. The maximum absolute atomic E-state index is 14.4. The SMILES string of the molecule is CS(=O)(=O)c1ccc(OCC2(CF)CC2)c(C(=O)N2CCN(c3ccc(C#N)cc3F)CC2)c1. The number of nitriles is 1. The minimum Gasteiger partial charge on any atom is -0.492 e. The van der Waals surface area contributed by atoms with Gasteiger partial charge < -0.3 is 14.5 Å². The Morgan fingerprint density at radius 1 is 1.15 bits per heavy atom. The highest BCUT2D eigenvalue weighted by molar-refractivity contribution is 7.90. The molecule has 0 N–H and O–H groups in total. The summed E-state index contributed by atoms with van der Waals surface area (Å²) in [5, 5.41) is 8.92. The molecule has 0 radical (unpaired) electrons. The average molecular weight is 490 g/mol. The van der Waals surface area contributed by atoms with Crippen LogP contribution in [0.15, 0.2) is 41.3 Å². The van der Waals surface area contributed by atoms with Crippen LogP contribution in [0.3, 0.4) is 0 Å². The Morgan fingerprint density at radius 3 is 2.41 bits per heavy atom. The lowest BCUT2D eigenvalue weighted by Gasteiger charge is -2.36. The van der Waals surface area contributed by atoms with Crippen molar-refractivity contribution in [3.05, 3.63) is 53.3 Å². The molecule has 0 atom stereocenters. The summed E-state index contributed by atoms with van der Waals surface area (Å²) in [5.41, 5.74) is 0.173. The van der Waals surface area contributed by atoms with Gasteiger partial charge >= 0.3 is 0 Å². The van der Waals surface area contributed by atoms with Crippen LogP contribution in [0.25, 0.3) is 0 Å². The fourth-order valence-corrected chi connectivity index (χ4v) is 4.56. The standard InChI is InChI=1S/C24H25F2N3O4S/c1-34(31,32)18-3-5-22(33-16-24(15-25)6-7-24)19(13-18)23(30)29-10-8-28(9-11-29)21-4-2-17(14-27)12-20(21)26/h2-5,12-13H,6-11,15-16H2,1H3. The minimum atomic E-state index is -3.56. The van der Waals surface area contributed by atoms with E-state index in [9.17, 15) is 22.0 Å². The van der Waals surface area contributed by atoms with E-state index >= 15 is 0 Å². The number of ether oxygens (including phenoxy) is 1. The molecule has 1 aliphatic heterocycles. The quantitative estimate of drug-likeness (QED) is 0.593. The molecule has 2 aliphatic rings. The molecular weight excluding hydrogens is 464 g/mol. The van der Waals surface area contributed by atoms with Gasteiger partial charge in [0.2, 0.25) is 0 Å². The third-order valence-electron chi connectivity index (χ3n) is 6.37. The van der Waals surface area contributed by atoms with Crippen LogP contribution in [-0.2, 0) is 9.84 Å². The van der Waals surface area contributed by atoms with Gasteiger partial charge in [-0.1, -0.05) is 0 Å². The van der Waals surface area contributed by atoms with E-state index in [1.807, 2.05) is 6.07 Å². The zero-order valence-corrected chi connectivity index (χ0v) is 19.6. The number of anilines is 1. The molecular formula is C24H25F2N3O4S. The zero-order chi connectivity index (χ0) is 24.5. The second-order valence-electron chi connectivity index (χ2n) is 8.91. The molecule has 2 fully saturated rings. The van der Waals surface area contributed by atoms with E-state index in [1.165, 1.54) is 24.3 Å². The maximum Gasteiger partial charge on any atom is 0.257 e. The molecule has 0 unspecified atom stereocenters. The van der Waals surface area contributed by atoms with Crippen molar-refractivity contribution in [2.75, 3.05) is 50.6 Å². The summed E-state index contributed by atoms with van der Waals surface area (Å²) in [6.45, 7) is 0.909. The second-order valence-corrected chi connectivity index (χ2v) is 10.9. The van der Waals surface area contributed by atoms with Gasteiger partial charge in [-0.25, -0.2) is 12.8 Å². The molecule has 0 bridgehead atoms. The Kier molecular flexibility index (Phi) is 6.49. The first-order valence-corrected chi connectivity index (χ1v) is 12.8. The maximum atomic E-state index is 14.4. The van der Waals surface area contributed by atoms with Crippen LogP contribution < -0.4 is 9.64 Å². The van der Waals surface area contributed by atoms with Gasteiger partial charge in [0.25, 0.3) is 5.91 Å². The molecule has 2 aromatic carbocycles. The number of piperazine rings is 1. The van der Waals surface area contributed by atoms with E-state index in [4.69, 9.17) is 10.00 Å². The van der Waals surface area contributed by atoms with Gasteiger partial charge in [-0.15, -0.1) is 0 Å². The average Bonchev–Trinajstić information content (AvgIpc) is 3.62. The van der Waals surface area contributed by atoms with Crippen LogP contribution in [0.5, 0.6) is 5.75 Å². The van der Waals surface area contributed by atoms with E-state index in [1.54, 1.807) is 21.9 Å². The number of nitrogens with zero attached hydrogens (tertiary/aromatic N) is 3. The third kappa shape index (κ3) is 4.99. The van der Waals surface area contributed by atoms with Gasteiger partial charge in [-0.3, -0.25) is 9.18 Å². The van der Waals surface area contributed by atoms with Crippen LogP contribution in [0, 0.1) is 22.6 Å². The fourth-order valence-electron chi connectivity index (χ4n) is 3.91. The second kappa shape index (κ2) is 9.22. The highest BCUT2D eigenvalue weighted by atomic mass is 32.2. The van der Waals surface area contributed by atoms with Gasteiger partial charge in [-0.05, 0) is 49.2 Å². The molecule has 34 heavy (non-hydrogen) atoms. The first-order valence-electron chi connectivity index (χ1n) is 10.9. The monoisotopic (exact) mass is 489 g/mol. The minimum absolute atomic E-state index is 0.00637. The number of hydrogen-bond donors (Lipinski definition) is 0. The molecule has 4 rings (SSSR count). The number of carbonyl (C=O) groups is 1. The van der Waals surface area contributed by atoms with Crippen LogP contribution >= 0.6 is 0 Å². The summed E-state index contributed by atoms with van der Waals surface area (Å²) in [5.74, 6) is -0.680. The Hall–Kier alpha value is -3.19. The van der Waals surface area contributed by atoms with Crippen molar-refractivity contribution in [1.82, 2.24) is 4.90 Å². The number of carbonyl (C=O) groups excluding carboxylic acids is 1. The molecule has 2 aromatic rings. The highest BCUT2D eigenvalue weighted by Crippen LogP contribution is 2.46. The smallest absolute Gasteiger partial charge is 0.257 e. The normalized spacial score (nSPS) is 17.2. The summed E-state index contributed by atoms with van der Waals surface area (Å²) in [7, 11) is -3.56. The van der Waals surface area contributed by atoms with Crippen LogP contribution in [0.4, 0.5) is 14.5 Å². The molecule has 0 spiro atoms. The number of amides is 1. The summed E-state index contributed by atoms with van der Waals surface area (Å²) >= 11 is 0. The van der Waals surface area contributed by atoms with Crippen molar-refractivity contribution >= 4 is 21.4 Å². The van der Waals surface area contributed by atoms with Crippen molar-refractivity contribution in [3.63, 3.8) is 0 Å². The Morgan fingerprint density at radius 2 is 1.85 bits per heavy atom. The topological polar surface area (TPSA) is 90.7 Å². The summed E-state index contributed by atoms with van der Waals surface area (Å²) in [6.07, 6.45) is 2.48. The van der Waals surface area contributed by atoms with Gasteiger partial charge in [0, 0.05) is 37.8 Å². The predicted molar refractivity (Wildman–Crippen MR) is 122 cm³/mol. The number of sulfone groups is 1. The molecule has 1 amide bonds. The fraction of sp³-hybridized carbons (Fsp3) is 0.417. The number of rotatable bonds is 7. The Balaban J connectivity index is 1.52. The number of hydrogen-bond acceptors (Lipinski definition) is 6. The molecule has 1 heterocycles. The van der Waals surface area contributed by atoms with Crippen molar-refractivity contribution in [2.45, 2.75) is 17.7 Å². The molecule has 180 valence electrons. The molecule has 0 aromatic heterocycles. The van der Waals surface area contributed by atoms with E-state index < -0.39 is 33.7 Å². The van der Waals surface area contributed by atoms with E-state index in [2.05, 4.69) is 0 Å². The lowest BCUT2D eigenvalue weighted by Crippen LogP contribution is -2.49. The Bertz CT molecular complexity index is 1250. The third-order valence-corrected chi connectivity index (χ3v) is 7.48. The van der Waals surface area contributed by atoms with Gasteiger partial charge in [-0.2, -0.15) is 5.26 Å². The van der Waals surface area contributed by atoms with Gasteiger partial charge in [0.05, 0.1) is 41.1 Å². The van der Waals surface area contributed by atoms with Crippen molar-refractivity contribution in [2.24, 2.45) is 5.41 Å². The van der Waals surface area contributed by atoms with E-state index in [0.29, 0.717) is 31.6 Å². The number of halogens is 2. The van der Waals surface area contributed by atoms with Crippen molar-refractivity contribution in [1.29, 1.82) is 5.26 Å². The van der Waals surface area contributed by atoms with Gasteiger partial charge in [0.1, 0.15) is 11.6 Å². The van der Waals surface area contributed by atoms with Crippen LogP contribution in [0.2, 0.25) is 0 Å². The number of alkyl halides is 1. The van der Waals surface area contributed by atoms with Crippen molar-refractivity contribution < 1.29 is 26.7 Å². The lowest BCUT2D eigenvalue weighted by molar-refractivity contribution is 0.0740. The lowest BCUT2D eigenvalue weighted by atomic mass is 10.1. The summed E-state index contributed by atoms with van der Waals surface area (Å²) in [6, 6.07) is 10.3.